The molecule has 0 aliphatic carbocycles. The van der Waals surface area contributed by atoms with Crippen LogP contribution in [0.1, 0.15) is 69.3 Å². The number of nitrogens with one attached hydrogen (secondary N) is 3. The first-order valence-electron chi connectivity index (χ1n) is 12.3. The number of guanidine groups is 1. The van der Waals surface area contributed by atoms with Gasteiger partial charge in [-0.2, -0.15) is 0 Å². The maximum absolute atomic E-state index is 12.5. The highest BCUT2D eigenvalue weighted by molar-refractivity contribution is 14.0. The number of benzene rings is 1. The monoisotopic (exact) mass is 573 g/mol. The number of hydrogen-bond acceptors (Lipinski definition) is 4. The lowest BCUT2D eigenvalue weighted by atomic mass is 10.1. The lowest BCUT2D eigenvalue weighted by Gasteiger charge is -2.21. The molecule has 0 spiro atoms. The average Bonchev–Trinajstić information content (AvgIpc) is 3.33. The van der Waals surface area contributed by atoms with E-state index in [0.717, 1.165) is 70.0 Å². The highest BCUT2D eigenvalue weighted by atomic mass is 127. The summed E-state index contributed by atoms with van der Waals surface area (Å²) in [5.41, 5.74) is 1.68. The SMILES string of the molecule is CCNC(=NCc1cccc(C(=O)NCC2CCCO2)c1)NC(C)CCCN(CC)CC.I. The molecule has 7 nitrogen and oxygen atoms in total. The Hall–Kier alpha value is -1.39. The quantitative estimate of drug-likeness (QED) is 0.190. The fraction of sp³-hybridized carbons (Fsp3) is 0.680. The predicted octanol–water partition coefficient (Wildman–Crippen LogP) is 3.78. The number of aliphatic imine (C=N–C) groups is 1. The molecule has 2 unspecified atom stereocenters. The lowest BCUT2D eigenvalue weighted by molar-refractivity contribution is 0.0857. The smallest absolute Gasteiger partial charge is 0.251 e. The molecule has 0 aromatic heterocycles. The molecule has 8 heteroatoms. The number of hydrogen-bond donors (Lipinski definition) is 3. The van der Waals surface area contributed by atoms with Gasteiger partial charge < -0.3 is 25.6 Å². The fourth-order valence-electron chi connectivity index (χ4n) is 3.88. The van der Waals surface area contributed by atoms with Crippen LogP contribution in [-0.4, -0.2) is 68.2 Å². The Morgan fingerprint density at radius 3 is 2.70 bits per heavy atom. The van der Waals surface area contributed by atoms with E-state index in [2.05, 4.69) is 48.5 Å². The van der Waals surface area contributed by atoms with Gasteiger partial charge in [0.1, 0.15) is 0 Å². The minimum Gasteiger partial charge on any atom is -0.376 e. The van der Waals surface area contributed by atoms with Gasteiger partial charge in [-0.05, 0) is 76.9 Å². The van der Waals surface area contributed by atoms with Gasteiger partial charge in [-0.1, -0.05) is 26.0 Å². The Kier molecular flexibility index (Phi) is 15.4. The molecule has 1 heterocycles. The van der Waals surface area contributed by atoms with Crippen LogP contribution in [-0.2, 0) is 11.3 Å². The number of carbonyl (C=O) groups is 1. The summed E-state index contributed by atoms with van der Waals surface area (Å²) >= 11 is 0. The van der Waals surface area contributed by atoms with E-state index in [1.807, 2.05) is 24.3 Å². The van der Waals surface area contributed by atoms with Crippen molar-refractivity contribution >= 4 is 35.8 Å². The number of nitrogens with zero attached hydrogens (tertiary/aromatic N) is 2. The van der Waals surface area contributed by atoms with Gasteiger partial charge in [0.05, 0.1) is 12.6 Å². The maximum Gasteiger partial charge on any atom is 0.251 e. The largest absolute Gasteiger partial charge is 0.376 e. The molecule has 3 N–H and O–H groups in total. The van der Waals surface area contributed by atoms with E-state index in [9.17, 15) is 4.79 Å². The molecule has 1 saturated heterocycles. The van der Waals surface area contributed by atoms with Gasteiger partial charge in [0.15, 0.2) is 5.96 Å². The van der Waals surface area contributed by atoms with E-state index in [1.165, 1.54) is 0 Å². The summed E-state index contributed by atoms with van der Waals surface area (Å²) in [4.78, 5) is 19.7. The van der Waals surface area contributed by atoms with Crippen molar-refractivity contribution in [3.63, 3.8) is 0 Å². The number of ether oxygens (including phenoxy) is 1. The van der Waals surface area contributed by atoms with E-state index < -0.39 is 0 Å². The molecule has 1 amide bonds. The van der Waals surface area contributed by atoms with Gasteiger partial charge in [-0.25, -0.2) is 4.99 Å². The van der Waals surface area contributed by atoms with Gasteiger partial charge in [0.2, 0.25) is 0 Å². The summed E-state index contributed by atoms with van der Waals surface area (Å²) in [5, 5.41) is 9.83. The summed E-state index contributed by atoms with van der Waals surface area (Å²) in [6.07, 6.45) is 4.50. The van der Waals surface area contributed by atoms with Crippen LogP contribution in [0.15, 0.2) is 29.3 Å². The number of rotatable bonds is 13. The van der Waals surface area contributed by atoms with Crippen LogP contribution in [0, 0.1) is 0 Å². The first kappa shape index (κ1) is 29.6. The second kappa shape index (κ2) is 17.1. The molecule has 0 radical (unpaired) electrons. The van der Waals surface area contributed by atoms with Crippen molar-refractivity contribution < 1.29 is 9.53 Å². The topological polar surface area (TPSA) is 78.0 Å². The van der Waals surface area contributed by atoms with Crippen molar-refractivity contribution in [1.29, 1.82) is 0 Å². The number of halogens is 1. The minimum absolute atomic E-state index is 0. The van der Waals surface area contributed by atoms with Crippen LogP contribution >= 0.6 is 24.0 Å². The summed E-state index contributed by atoms with van der Waals surface area (Å²) < 4.78 is 5.58. The zero-order valence-electron chi connectivity index (χ0n) is 20.9. The number of carbonyl (C=O) groups excluding carboxylic acids is 1. The average molecular weight is 574 g/mol. The van der Waals surface area contributed by atoms with E-state index in [1.54, 1.807) is 0 Å². The Morgan fingerprint density at radius 1 is 1.24 bits per heavy atom. The molecule has 2 atom stereocenters. The lowest BCUT2D eigenvalue weighted by Crippen LogP contribution is -2.42. The normalized spacial score (nSPS) is 16.9. The van der Waals surface area contributed by atoms with E-state index in [0.29, 0.717) is 24.7 Å². The van der Waals surface area contributed by atoms with Crippen LogP contribution in [0.2, 0.25) is 0 Å². The summed E-state index contributed by atoms with van der Waals surface area (Å²) in [5.74, 6) is 0.759. The van der Waals surface area contributed by atoms with Crippen molar-refractivity contribution in [1.82, 2.24) is 20.9 Å². The number of amides is 1. The van der Waals surface area contributed by atoms with Crippen LogP contribution in [0.4, 0.5) is 0 Å². The Morgan fingerprint density at radius 2 is 2.03 bits per heavy atom. The highest BCUT2D eigenvalue weighted by Crippen LogP contribution is 2.11. The van der Waals surface area contributed by atoms with Crippen molar-refractivity contribution in [3.05, 3.63) is 35.4 Å². The van der Waals surface area contributed by atoms with Crippen molar-refractivity contribution in [3.8, 4) is 0 Å². The predicted molar refractivity (Wildman–Crippen MR) is 148 cm³/mol. The van der Waals surface area contributed by atoms with Crippen LogP contribution in [0.5, 0.6) is 0 Å². The molecule has 0 saturated carbocycles. The molecular weight excluding hydrogens is 529 g/mol. The van der Waals surface area contributed by atoms with Gasteiger partial charge in [0, 0.05) is 31.3 Å². The molecule has 1 aliphatic heterocycles. The Bertz CT molecular complexity index is 706. The van der Waals surface area contributed by atoms with Gasteiger partial charge >= 0.3 is 0 Å². The molecule has 33 heavy (non-hydrogen) atoms. The third-order valence-electron chi connectivity index (χ3n) is 5.86. The van der Waals surface area contributed by atoms with E-state index >= 15 is 0 Å². The van der Waals surface area contributed by atoms with E-state index in [4.69, 9.17) is 9.73 Å². The van der Waals surface area contributed by atoms with Gasteiger partial charge in [-0.15, -0.1) is 24.0 Å². The molecule has 1 fully saturated rings. The first-order chi connectivity index (χ1) is 15.5. The van der Waals surface area contributed by atoms with Crippen LogP contribution < -0.4 is 16.0 Å². The van der Waals surface area contributed by atoms with Crippen molar-refractivity contribution in [2.75, 3.05) is 39.3 Å². The molecular formula is C25H44IN5O2. The van der Waals surface area contributed by atoms with Crippen LogP contribution in [0.25, 0.3) is 0 Å². The zero-order valence-corrected chi connectivity index (χ0v) is 23.2. The Balaban J connectivity index is 0.00000544. The fourth-order valence-corrected chi connectivity index (χ4v) is 3.88. The molecule has 1 aromatic carbocycles. The maximum atomic E-state index is 12.5. The Labute approximate surface area is 217 Å². The van der Waals surface area contributed by atoms with Crippen molar-refractivity contribution in [2.24, 2.45) is 4.99 Å². The molecule has 0 bridgehead atoms. The highest BCUT2D eigenvalue weighted by Gasteiger charge is 2.16. The van der Waals surface area contributed by atoms with E-state index in [-0.39, 0.29) is 36.0 Å². The van der Waals surface area contributed by atoms with Crippen LogP contribution in [0.3, 0.4) is 0 Å². The standard InChI is InChI=1S/C25H43N5O2.HI/c1-5-26-25(29-20(4)11-9-15-30(6-2)7-3)28-18-21-12-8-13-22(17-21)24(31)27-19-23-14-10-16-32-23;/h8,12-13,17,20,23H,5-7,9-11,14-16,18-19H2,1-4H3,(H,27,31)(H2,26,28,29);1H. The third kappa shape index (κ3) is 11.5. The van der Waals surface area contributed by atoms with Crippen molar-refractivity contribution in [2.45, 2.75) is 72.1 Å². The minimum atomic E-state index is -0.0572. The van der Waals surface area contributed by atoms with Gasteiger partial charge in [0.25, 0.3) is 5.91 Å². The third-order valence-corrected chi connectivity index (χ3v) is 5.86. The summed E-state index contributed by atoms with van der Waals surface area (Å²) in [6, 6.07) is 8.04. The summed E-state index contributed by atoms with van der Waals surface area (Å²) in [6.45, 7) is 14.7. The van der Waals surface area contributed by atoms with Gasteiger partial charge in [-0.3, -0.25) is 4.79 Å². The molecule has 1 aromatic rings. The molecule has 2 rings (SSSR count). The zero-order chi connectivity index (χ0) is 23.2. The second-order valence-electron chi connectivity index (χ2n) is 8.46. The molecule has 188 valence electrons. The first-order valence-corrected chi connectivity index (χ1v) is 12.3. The molecule has 1 aliphatic rings. The summed E-state index contributed by atoms with van der Waals surface area (Å²) in [7, 11) is 0. The second-order valence-corrected chi connectivity index (χ2v) is 8.46.